The monoisotopic (exact) mass is 524 g/mol. The van der Waals surface area contributed by atoms with Gasteiger partial charge in [-0.25, -0.2) is 4.98 Å². The van der Waals surface area contributed by atoms with Crippen LogP contribution in [-0.4, -0.2) is 27.9 Å². The smallest absolute Gasteiger partial charge is 0.282 e. The molecule has 2 aromatic carbocycles. The second kappa shape index (κ2) is 9.60. The number of furan rings is 1. The fourth-order valence-electron chi connectivity index (χ4n) is 3.46. The topological polar surface area (TPSA) is 113 Å². The minimum atomic E-state index is -0.491. The van der Waals surface area contributed by atoms with Crippen LogP contribution in [0.15, 0.2) is 67.3 Å². The lowest BCUT2D eigenvalue weighted by Gasteiger charge is -2.13. The average Bonchev–Trinajstić information content (AvgIpc) is 3.31. The van der Waals surface area contributed by atoms with Crippen molar-refractivity contribution in [2.75, 3.05) is 7.11 Å². The van der Waals surface area contributed by atoms with Gasteiger partial charge in [-0.1, -0.05) is 29.8 Å². The van der Waals surface area contributed by atoms with E-state index in [0.717, 1.165) is 10.9 Å². The van der Waals surface area contributed by atoms with Gasteiger partial charge in [0.25, 0.3) is 11.2 Å². The number of nitrogens with zero attached hydrogens (tertiary/aromatic N) is 4. The molecule has 0 amide bonds. The van der Waals surface area contributed by atoms with E-state index in [4.69, 9.17) is 9.15 Å². The summed E-state index contributed by atoms with van der Waals surface area (Å²) in [6, 6.07) is 13.1. The molecule has 0 radical (unpaired) electrons. The Balaban J connectivity index is 1.74. The number of fused-ring (bicyclic) bond motifs is 1. The Labute approximate surface area is 203 Å². The molecule has 10 heteroatoms. The summed E-state index contributed by atoms with van der Waals surface area (Å²) in [7, 11) is 1.43. The van der Waals surface area contributed by atoms with Crippen LogP contribution in [0.4, 0.5) is 5.69 Å². The lowest BCUT2D eigenvalue weighted by molar-refractivity contribution is -0.384. The molecule has 0 saturated carbocycles. The third-order valence-corrected chi connectivity index (χ3v) is 5.97. The van der Waals surface area contributed by atoms with Gasteiger partial charge >= 0.3 is 0 Å². The molecule has 0 aliphatic heterocycles. The summed E-state index contributed by atoms with van der Waals surface area (Å²) < 4.78 is 13.2. The van der Waals surface area contributed by atoms with Gasteiger partial charge in [0.1, 0.15) is 23.1 Å². The molecule has 0 N–H and O–H groups in total. The number of hydrogen-bond donors (Lipinski definition) is 0. The van der Waals surface area contributed by atoms with Gasteiger partial charge in [-0.05, 0) is 42.8 Å². The fourth-order valence-corrected chi connectivity index (χ4v) is 3.82. The number of nitro benzene ring substituents is 1. The number of hydrogen-bond acceptors (Lipinski definition) is 7. The molecule has 174 valence electrons. The van der Waals surface area contributed by atoms with Gasteiger partial charge in [-0.3, -0.25) is 14.9 Å². The highest BCUT2D eigenvalue weighted by Gasteiger charge is 2.17. The number of halogens is 1. The molecule has 0 aliphatic rings. The van der Waals surface area contributed by atoms with Crippen molar-refractivity contribution < 1.29 is 14.1 Å². The van der Waals surface area contributed by atoms with Crippen molar-refractivity contribution in [2.45, 2.75) is 26.2 Å². The summed E-state index contributed by atoms with van der Waals surface area (Å²) in [6.07, 6.45) is 2.23. The summed E-state index contributed by atoms with van der Waals surface area (Å²) in [5, 5.41) is 15.9. The molecule has 4 aromatic rings. The van der Waals surface area contributed by atoms with E-state index in [1.807, 2.05) is 19.9 Å². The summed E-state index contributed by atoms with van der Waals surface area (Å²) in [5.74, 6) is 1.72. The van der Waals surface area contributed by atoms with E-state index in [1.165, 1.54) is 30.1 Å². The Morgan fingerprint density at radius 1 is 1.26 bits per heavy atom. The van der Waals surface area contributed by atoms with E-state index in [-0.39, 0.29) is 17.2 Å². The summed E-state index contributed by atoms with van der Waals surface area (Å²) in [4.78, 5) is 28.5. The Bertz CT molecular complexity index is 1470. The maximum atomic E-state index is 13.2. The first kappa shape index (κ1) is 23.4. The molecule has 0 aliphatic carbocycles. The van der Waals surface area contributed by atoms with Crippen LogP contribution in [0, 0.1) is 10.1 Å². The Hall–Kier alpha value is -3.79. The molecule has 0 unspecified atom stereocenters. The zero-order valence-electron chi connectivity index (χ0n) is 18.7. The molecule has 0 saturated heterocycles. The second-order valence-corrected chi connectivity index (χ2v) is 8.56. The highest BCUT2D eigenvalue weighted by atomic mass is 79.9. The number of non-ortho nitro benzene ring substituents is 1. The van der Waals surface area contributed by atoms with Crippen molar-refractivity contribution >= 4 is 38.7 Å². The standard InChI is InChI=1S/C24H21BrN4O5/c1-4-14(2)23-27-20-9-5-15(25)11-19(20)24(30)28(23)26-13-17-7-10-21(34-17)18-8-6-16(29(31)32)12-22(18)33-3/h5-14H,4H2,1-3H3/t14-/m0/s1. The van der Waals surface area contributed by atoms with E-state index in [0.29, 0.717) is 39.6 Å². The third kappa shape index (κ3) is 4.49. The van der Waals surface area contributed by atoms with Gasteiger partial charge in [0.2, 0.25) is 0 Å². The Kier molecular flexibility index (Phi) is 6.60. The van der Waals surface area contributed by atoms with Crippen LogP contribution < -0.4 is 10.3 Å². The minimum Gasteiger partial charge on any atom is -0.496 e. The van der Waals surface area contributed by atoms with Crippen LogP contribution in [-0.2, 0) is 0 Å². The number of benzene rings is 2. The number of ether oxygens (including phenoxy) is 1. The lowest BCUT2D eigenvalue weighted by atomic mass is 10.1. The molecule has 2 aromatic heterocycles. The predicted octanol–water partition coefficient (Wildman–Crippen LogP) is 5.73. The lowest BCUT2D eigenvalue weighted by Crippen LogP contribution is -2.23. The van der Waals surface area contributed by atoms with E-state index >= 15 is 0 Å². The van der Waals surface area contributed by atoms with Crippen molar-refractivity contribution in [2.24, 2.45) is 5.10 Å². The van der Waals surface area contributed by atoms with Crippen molar-refractivity contribution in [1.29, 1.82) is 0 Å². The normalized spacial score (nSPS) is 12.4. The molecule has 4 rings (SSSR count). The Morgan fingerprint density at radius 2 is 2.06 bits per heavy atom. The van der Waals surface area contributed by atoms with E-state index < -0.39 is 4.92 Å². The number of rotatable bonds is 7. The summed E-state index contributed by atoms with van der Waals surface area (Å²) in [6.45, 7) is 4.01. The fraction of sp³-hybridized carbons (Fsp3) is 0.208. The molecule has 1 atom stereocenters. The van der Waals surface area contributed by atoms with Gasteiger partial charge in [-0.2, -0.15) is 9.78 Å². The first-order valence-electron chi connectivity index (χ1n) is 10.5. The number of aromatic nitrogens is 2. The van der Waals surface area contributed by atoms with Gasteiger partial charge in [0.05, 0.1) is 40.8 Å². The van der Waals surface area contributed by atoms with Crippen LogP contribution in [0.3, 0.4) is 0 Å². The zero-order chi connectivity index (χ0) is 24.4. The molecule has 0 bridgehead atoms. The van der Waals surface area contributed by atoms with Crippen LogP contribution in [0.25, 0.3) is 22.2 Å². The minimum absolute atomic E-state index is 0.00873. The van der Waals surface area contributed by atoms with Crippen LogP contribution in [0.5, 0.6) is 5.75 Å². The third-order valence-electron chi connectivity index (χ3n) is 5.48. The first-order valence-corrected chi connectivity index (χ1v) is 11.3. The molecule has 34 heavy (non-hydrogen) atoms. The van der Waals surface area contributed by atoms with Gasteiger partial charge in [0, 0.05) is 16.5 Å². The summed E-state index contributed by atoms with van der Waals surface area (Å²) in [5.41, 5.74) is 0.811. The number of nitro groups is 1. The van der Waals surface area contributed by atoms with Crippen molar-refractivity contribution in [3.63, 3.8) is 0 Å². The first-order chi connectivity index (χ1) is 16.3. The van der Waals surface area contributed by atoms with Crippen molar-refractivity contribution in [3.05, 3.63) is 85.1 Å². The average molecular weight is 525 g/mol. The molecular formula is C24H21BrN4O5. The maximum Gasteiger partial charge on any atom is 0.282 e. The molecule has 0 fully saturated rings. The van der Waals surface area contributed by atoms with Crippen molar-refractivity contribution in [1.82, 2.24) is 9.66 Å². The highest BCUT2D eigenvalue weighted by molar-refractivity contribution is 9.10. The second-order valence-electron chi connectivity index (χ2n) is 7.65. The summed E-state index contributed by atoms with van der Waals surface area (Å²) >= 11 is 3.40. The maximum absolute atomic E-state index is 13.2. The van der Waals surface area contributed by atoms with Gasteiger partial charge < -0.3 is 9.15 Å². The van der Waals surface area contributed by atoms with E-state index in [1.54, 1.807) is 30.3 Å². The molecular weight excluding hydrogens is 504 g/mol. The molecule has 2 heterocycles. The Morgan fingerprint density at radius 3 is 2.76 bits per heavy atom. The van der Waals surface area contributed by atoms with Crippen LogP contribution >= 0.6 is 15.9 Å². The SMILES string of the molecule is CC[C@H](C)c1nc2ccc(Br)cc2c(=O)n1N=Cc1ccc(-c2ccc([N+](=O)[O-])cc2OC)o1. The highest BCUT2D eigenvalue weighted by Crippen LogP contribution is 2.34. The van der Waals surface area contributed by atoms with E-state index in [2.05, 4.69) is 26.0 Å². The van der Waals surface area contributed by atoms with Crippen molar-refractivity contribution in [3.8, 4) is 17.1 Å². The molecule has 9 nitrogen and oxygen atoms in total. The molecule has 0 spiro atoms. The van der Waals surface area contributed by atoms with E-state index in [9.17, 15) is 14.9 Å². The predicted molar refractivity (Wildman–Crippen MR) is 133 cm³/mol. The number of methoxy groups -OCH3 is 1. The van der Waals surface area contributed by atoms with Crippen LogP contribution in [0.1, 0.15) is 37.8 Å². The quantitative estimate of drug-likeness (QED) is 0.173. The zero-order valence-corrected chi connectivity index (χ0v) is 20.3. The van der Waals surface area contributed by atoms with Crippen LogP contribution in [0.2, 0.25) is 0 Å². The van der Waals surface area contributed by atoms with Gasteiger partial charge in [-0.15, -0.1) is 0 Å². The van der Waals surface area contributed by atoms with Gasteiger partial charge in [0.15, 0.2) is 0 Å². The largest absolute Gasteiger partial charge is 0.496 e.